The van der Waals surface area contributed by atoms with E-state index in [0.29, 0.717) is 27.6 Å². The summed E-state index contributed by atoms with van der Waals surface area (Å²) in [5.74, 6) is -0.340. The van der Waals surface area contributed by atoms with Gasteiger partial charge < -0.3 is 20.1 Å². The summed E-state index contributed by atoms with van der Waals surface area (Å²) < 4.78 is 58.9. The predicted molar refractivity (Wildman–Crippen MR) is 162 cm³/mol. The molecule has 5 rings (SSSR count). The van der Waals surface area contributed by atoms with Crippen LogP contribution in [0.2, 0.25) is 0 Å². The zero-order valence-electron chi connectivity index (χ0n) is 23.5. The Balaban J connectivity index is 1.73. The van der Waals surface area contributed by atoms with Crippen molar-refractivity contribution >= 4 is 48.1 Å². The summed E-state index contributed by atoms with van der Waals surface area (Å²) in [5, 5.41) is 22.3. The molecule has 14 heteroatoms. The molecule has 0 fully saturated rings. The molecule has 5 N–H and O–H groups in total. The Morgan fingerprint density at radius 2 is 1.37 bits per heavy atom. The van der Waals surface area contributed by atoms with Crippen molar-refractivity contribution in [3.63, 3.8) is 0 Å². The Hall–Kier alpha value is -3.92. The molecule has 2 unspecified atom stereocenters. The van der Waals surface area contributed by atoms with E-state index in [4.69, 9.17) is 0 Å². The number of nitrogens with zero attached hydrogens (tertiary/aromatic N) is 1. The van der Waals surface area contributed by atoms with Crippen molar-refractivity contribution in [1.82, 2.24) is 14.0 Å². The van der Waals surface area contributed by atoms with Crippen LogP contribution in [-0.4, -0.2) is 62.7 Å². The Labute approximate surface area is 248 Å². The number of hydrogen-bond donors (Lipinski definition) is 5. The van der Waals surface area contributed by atoms with Crippen molar-refractivity contribution in [2.24, 2.45) is 7.05 Å². The summed E-state index contributed by atoms with van der Waals surface area (Å²) in [7, 11) is -7.06. The van der Waals surface area contributed by atoms with Crippen LogP contribution in [0.4, 0.5) is 11.4 Å². The predicted octanol–water partition coefficient (Wildman–Crippen LogP) is 1.81. The van der Waals surface area contributed by atoms with Gasteiger partial charge in [-0.25, -0.2) is 26.3 Å². The third-order valence-electron chi connectivity index (χ3n) is 7.18. The Morgan fingerprint density at radius 1 is 0.767 bits per heavy atom. The van der Waals surface area contributed by atoms with Gasteiger partial charge in [-0.15, -0.1) is 0 Å². The second-order valence-electron chi connectivity index (χ2n) is 10.4. The van der Waals surface area contributed by atoms with Gasteiger partial charge in [-0.1, -0.05) is 24.3 Å². The first-order valence-corrected chi connectivity index (χ1v) is 16.2. The topological polar surface area (TPSA) is 184 Å². The average Bonchev–Trinajstić information content (AvgIpc) is 2.97. The fraction of sp³-hybridized carbons (Fsp3) is 0.241. The molecule has 0 bridgehead atoms. The Kier molecular flexibility index (Phi) is 8.02. The summed E-state index contributed by atoms with van der Waals surface area (Å²) in [6.45, 7) is 1.89. The molecule has 0 aliphatic heterocycles. The van der Waals surface area contributed by atoms with E-state index in [1.807, 2.05) is 0 Å². The van der Waals surface area contributed by atoms with Crippen LogP contribution in [0.25, 0.3) is 22.0 Å². The van der Waals surface area contributed by atoms with Crippen LogP contribution >= 0.6 is 0 Å². The minimum absolute atomic E-state index is 0.0413. The number of nitrogens with one attached hydrogen (secondary N) is 3. The number of aryl methyl sites for hydroxylation is 1. The zero-order chi connectivity index (χ0) is 31.3. The van der Waals surface area contributed by atoms with Crippen LogP contribution < -0.4 is 20.3 Å². The number of carbonyl (C=O) groups is 1. The molecule has 0 amide bonds. The maximum absolute atomic E-state index is 13.9. The van der Waals surface area contributed by atoms with Gasteiger partial charge in [0.1, 0.15) is 4.90 Å². The second-order valence-corrected chi connectivity index (χ2v) is 13.8. The van der Waals surface area contributed by atoms with Gasteiger partial charge in [0.15, 0.2) is 5.78 Å². The number of aliphatic hydroxyl groups is 2. The first-order valence-electron chi connectivity index (χ1n) is 13.3. The van der Waals surface area contributed by atoms with Crippen molar-refractivity contribution in [2.75, 3.05) is 18.5 Å². The van der Waals surface area contributed by atoms with Gasteiger partial charge in [0.25, 0.3) is 5.56 Å². The monoisotopic (exact) mass is 626 g/mol. The molecule has 0 spiro atoms. The van der Waals surface area contributed by atoms with Crippen molar-refractivity contribution < 1.29 is 31.8 Å². The Bertz CT molecular complexity index is 2060. The van der Waals surface area contributed by atoms with Crippen LogP contribution in [0.3, 0.4) is 0 Å². The highest BCUT2D eigenvalue weighted by Crippen LogP contribution is 2.42. The molecule has 43 heavy (non-hydrogen) atoms. The number of pyridine rings is 1. The van der Waals surface area contributed by atoms with E-state index in [-0.39, 0.29) is 33.2 Å². The molecule has 0 saturated heterocycles. The summed E-state index contributed by atoms with van der Waals surface area (Å²) in [6.07, 6.45) is 0. The van der Waals surface area contributed by atoms with Gasteiger partial charge in [0.2, 0.25) is 20.0 Å². The largest absolute Gasteiger partial charge is 0.395 e. The lowest BCUT2D eigenvalue weighted by Crippen LogP contribution is -2.36. The molecule has 1 heterocycles. The smallest absolute Gasteiger partial charge is 0.251 e. The molecule has 12 nitrogen and oxygen atoms in total. The molecule has 4 aromatic rings. The third kappa shape index (κ3) is 5.48. The summed E-state index contributed by atoms with van der Waals surface area (Å²) in [5.41, 5.74) is 2.18. The molecular formula is C29H30N4O8S2. The zero-order valence-corrected chi connectivity index (χ0v) is 25.1. The van der Waals surface area contributed by atoms with Gasteiger partial charge in [-0.3, -0.25) is 9.59 Å². The normalized spacial score (nSPS) is 14.4. The van der Waals surface area contributed by atoms with E-state index in [2.05, 4.69) is 14.8 Å². The number of aromatic nitrogens is 1. The number of carbonyl (C=O) groups excluding carboxylic acids is 1. The molecule has 0 radical (unpaired) electrons. The molecule has 1 aliphatic rings. The number of benzene rings is 3. The van der Waals surface area contributed by atoms with Gasteiger partial charge in [0.05, 0.1) is 40.6 Å². The fourth-order valence-corrected chi connectivity index (χ4v) is 7.79. The van der Waals surface area contributed by atoms with Crippen LogP contribution in [0.1, 0.15) is 29.8 Å². The molecule has 1 aliphatic carbocycles. The number of ketones is 1. The average molecular weight is 627 g/mol. The summed E-state index contributed by atoms with van der Waals surface area (Å²) in [4.78, 5) is 25.8. The SMILES string of the molecule is CC(CO)NS(=O)(=O)c1ccc(Nc2ccc3c4c(cc(=O)n3C)-c3ccccc3C(=O)c24)c(S(=O)(=O)NC(C)CO)c1. The molecule has 1 aromatic heterocycles. The van der Waals surface area contributed by atoms with E-state index in [9.17, 15) is 36.6 Å². The van der Waals surface area contributed by atoms with Crippen LogP contribution in [0.15, 0.2) is 75.2 Å². The number of sulfonamides is 2. The minimum atomic E-state index is -4.41. The lowest BCUT2D eigenvalue weighted by molar-refractivity contribution is 0.104. The minimum Gasteiger partial charge on any atom is -0.395 e. The quantitative estimate of drug-likeness (QED) is 0.154. The highest BCUT2D eigenvalue weighted by Gasteiger charge is 2.31. The van der Waals surface area contributed by atoms with Gasteiger partial charge >= 0.3 is 0 Å². The number of rotatable bonds is 10. The first-order chi connectivity index (χ1) is 20.3. The van der Waals surface area contributed by atoms with Crippen LogP contribution in [0.5, 0.6) is 0 Å². The van der Waals surface area contributed by atoms with E-state index in [0.717, 1.165) is 6.07 Å². The number of hydrogen-bond acceptors (Lipinski definition) is 9. The maximum atomic E-state index is 13.9. The standard InChI is InChI=1S/C29H30N4O8S2/c1-16(14-34)31-42(38,39)18-8-9-22(25(12-18)43(40,41)32-17(2)15-35)30-23-10-11-24-27-21(13-26(36)33(24)3)19-6-4-5-7-20(19)29(37)28(23)27/h4-13,16-17,30-32,34-35H,14-15H2,1-3H3. The van der Waals surface area contributed by atoms with Crippen molar-refractivity contribution in [3.8, 4) is 11.1 Å². The van der Waals surface area contributed by atoms with E-state index < -0.39 is 50.2 Å². The molecular weight excluding hydrogens is 596 g/mol. The van der Waals surface area contributed by atoms with Gasteiger partial charge in [-0.05, 0) is 55.3 Å². The maximum Gasteiger partial charge on any atom is 0.251 e. The summed E-state index contributed by atoms with van der Waals surface area (Å²) in [6, 6.07) is 13.2. The van der Waals surface area contributed by atoms with E-state index in [1.54, 1.807) is 43.4 Å². The highest BCUT2D eigenvalue weighted by atomic mass is 32.2. The molecule has 0 saturated carbocycles. The second kappa shape index (κ2) is 11.3. The van der Waals surface area contributed by atoms with Crippen molar-refractivity contribution in [3.05, 3.63) is 82.1 Å². The highest BCUT2D eigenvalue weighted by molar-refractivity contribution is 7.90. The molecule has 3 aromatic carbocycles. The van der Waals surface area contributed by atoms with Crippen LogP contribution in [-0.2, 0) is 27.1 Å². The number of anilines is 2. The van der Waals surface area contributed by atoms with Crippen LogP contribution in [0, 0.1) is 0 Å². The fourth-order valence-electron chi connectivity index (χ4n) is 5.03. The third-order valence-corrected chi connectivity index (χ3v) is 10.4. The number of aliphatic hydroxyl groups excluding tert-OH is 2. The van der Waals surface area contributed by atoms with E-state index in [1.165, 1.54) is 36.6 Å². The van der Waals surface area contributed by atoms with E-state index >= 15 is 0 Å². The van der Waals surface area contributed by atoms with Crippen molar-refractivity contribution in [1.29, 1.82) is 0 Å². The lowest BCUT2D eigenvalue weighted by atomic mass is 9.83. The van der Waals surface area contributed by atoms with Gasteiger partial charge in [0, 0.05) is 36.1 Å². The Morgan fingerprint density at radius 3 is 2.02 bits per heavy atom. The first kappa shape index (κ1) is 30.5. The van der Waals surface area contributed by atoms with Crippen molar-refractivity contribution in [2.45, 2.75) is 35.7 Å². The number of fused-ring (bicyclic) bond motifs is 2. The van der Waals surface area contributed by atoms with Gasteiger partial charge in [-0.2, -0.15) is 0 Å². The molecule has 2 atom stereocenters. The molecule has 226 valence electrons. The lowest BCUT2D eigenvalue weighted by Gasteiger charge is -2.24. The summed E-state index contributed by atoms with van der Waals surface area (Å²) >= 11 is 0.